The number of benzene rings is 4. The Morgan fingerprint density at radius 2 is 1.14 bits per heavy atom. The first-order valence-electron chi connectivity index (χ1n) is 14.2. The Morgan fingerprint density at radius 1 is 0.659 bits per heavy atom. The predicted molar refractivity (Wildman–Crippen MR) is 181 cm³/mol. The minimum atomic E-state index is -0.0145. The fourth-order valence-electron chi connectivity index (χ4n) is 5.45. The zero-order valence-corrected chi connectivity index (χ0v) is 31.6. The second kappa shape index (κ2) is 16.1. The first kappa shape index (κ1) is 38.3. The van der Waals surface area contributed by atoms with Crippen molar-refractivity contribution >= 4 is 27.4 Å². The molecule has 0 bridgehead atoms. The quantitative estimate of drug-likeness (QED) is 0.201. The molecule has 1 aliphatic carbocycles. The van der Waals surface area contributed by atoms with E-state index in [4.69, 9.17) is 23.2 Å². The third-order valence-electron chi connectivity index (χ3n) is 7.52. The maximum atomic E-state index is 6.20. The normalized spacial score (nSPS) is 11.4. The summed E-state index contributed by atoms with van der Waals surface area (Å²) in [6.07, 6.45) is 0.890. The minimum Gasteiger partial charge on any atom is -1.00 e. The summed E-state index contributed by atoms with van der Waals surface area (Å²) in [6, 6.07) is 37.4. The van der Waals surface area contributed by atoms with Crippen LogP contribution in [-0.2, 0) is 41.5 Å². The van der Waals surface area contributed by atoms with E-state index in [1.165, 1.54) is 74.3 Å². The molecule has 0 radical (unpaired) electrons. The van der Waals surface area contributed by atoms with Crippen LogP contribution in [0.3, 0.4) is 0 Å². The summed E-state index contributed by atoms with van der Waals surface area (Å²) in [4.78, 5) is 0. The summed E-state index contributed by atoms with van der Waals surface area (Å²) in [5.41, 5.74) is 12.8. The summed E-state index contributed by atoms with van der Waals surface area (Å²) in [5, 5.41) is 1.52. The first-order valence-corrected chi connectivity index (χ1v) is 16.7. The molecule has 0 fully saturated rings. The van der Waals surface area contributed by atoms with Gasteiger partial charge in [0.2, 0.25) is 0 Å². The maximum Gasteiger partial charge on any atom is -0.172 e. The van der Waals surface area contributed by atoms with Crippen LogP contribution in [-0.4, -0.2) is 4.21 Å². The third kappa shape index (κ3) is 8.90. The summed E-state index contributed by atoms with van der Waals surface area (Å²) in [6.45, 7) is 13.7. The van der Waals surface area contributed by atoms with Crippen molar-refractivity contribution in [3.8, 4) is 33.4 Å². The molecule has 0 aliphatic heterocycles. The molecule has 0 atom stereocenters. The molecule has 0 saturated heterocycles. The fourth-order valence-corrected chi connectivity index (χ4v) is 5.70. The van der Waals surface area contributed by atoms with E-state index in [-0.39, 0.29) is 35.6 Å². The standard InChI is InChI=1S/C33H31Cl2.C5H5.CH2.2ClH.Zr/c1-32(2,3)30-18-26-22(16-28(30)20-7-11-24(34)12-8-20)15-23-17-29(21-9-13-25(35)14-10-21)31(19-27(23)26)33(4,5)6;1-2-4-5-3-1;;;;/h7-14,16,18-19H,15H2,1-6H3;1-5H;1H2;2*1H;/q2*-1;;;;+2/p-2. The molecule has 0 saturated carbocycles. The molecule has 0 spiro atoms. The van der Waals surface area contributed by atoms with E-state index in [2.05, 4.69) is 94.3 Å². The van der Waals surface area contributed by atoms with Gasteiger partial charge < -0.3 is 24.8 Å². The SMILES string of the molecule is CC(C)(C)c1cc2c([c-]c1-c1ccc(Cl)cc1)Cc1cc(-c3ccc(Cl)cc3)c(C(C)(C)C)cc1-2.[CH2]=[Zr+2].[Cl-].[Cl-].c1cc[cH-]c1. The van der Waals surface area contributed by atoms with Gasteiger partial charge in [-0.05, 0) is 51.6 Å². The van der Waals surface area contributed by atoms with E-state index in [1.54, 1.807) is 0 Å². The Labute approximate surface area is 301 Å². The van der Waals surface area contributed by atoms with Gasteiger partial charge in [0, 0.05) is 10.0 Å². The van der Waals surface area contributed by atoms with Gasteiger partial charge in [-0.3, -0.25) is 0 Å². The van der Waals surface area contributed by atoms with E-state index < -0.39 is 0 Å². The Bertz CT molecular complexity index is 1510. The number of rotatable bonds is 2. The molecule has 1 aliphatic rings. The molecule has 0 amide bonds. The maximum absolute atomic E-state index is 6.20. The first-order chi connectivity index (χ1) is 19.9. The second-order valence-corrected chi connectivity index (χ2v) is 13.5. The van der Waals surface area contributed by atoms with Crippen molar-refractivity contribution in [2.24, 2.45) is 0 Å². The van der Waals surface area contributed by atoms with Gasteiger partial charge in [0.25, 0.3) is 0 Å². The molecule has 5 heteroatoms. The van der Waals surface area contributed by atoms with E-state index in [0.29, 0.717) is 0 Å². The smallest absolute Gasteiger partial charge is 0.172 e. The van der Waals surface area contributed by atoms with Gasteiger partial charge in [-0.25, -0.2) is 12.1 Å². The number of hydrogen-bond acceptors (Lipinski definition) is 0. The Hall–Kier alpha value is -1.86. The molecule has 0 nitrogen and oxygen atoms in total. The van der Waals surface area contributed by atoms with Crippen molar-refractivity contribution < 1.29 is 49.0 Å². The topological polar surface area (TPSA) is 0 Å². The van der Waals surface area contributed by atoms with Gasteiger partial charge in [-0.15, -0.1) is 28.8 Å². The van der Waals surface area contributed by atoms with E-state index in [0.717, 1.165) is 22.0 Å². The van der Waals surface area contributed by atoms with Crippen LogP contribution < -0.4 is 24.8 Å². The molecule has 0 heterocycles. The largest absolute Gasteiger partial charge is 1.00 e. The monoisotopic (exact) mass is 736 g/mol. The minimum absolute atomic E-state index is 0. The molecule has 228 valence electrons. The molecule has 5 aromatic carbocycles. The van der Waals surface area contributed by atoms with Crippen LogP contribution in [0.25, 0.3) is 33.4 Å². The average molecular weight is 740 g/mol. The summed E-state index contributed by atoms with van der Waals surface area (Å²) in [7, 11) is 0. The number of halogens is 4. The van der Waals surface area contributed by atoms with Gasteiger partial charge in [-0.1, -0.05) is 130 Å². The van der Waals surface area contributed by atoms with Crippen LogP contribution >= 0.6 is 23.2 Å². The molecular weight excluding hydrogens is 701 g/mol. The molecule has 5 aromatic rings. The molecule has 0 aromatic heterocycles. The molecular formula is C39H38Cl4Zr-2. The van der Waals surface area contributed by atoms with Crippen LogP contribution in [0.1, 0.15) is 63.8 Å². The van der Waals surface area contributed by atoms with Crippen LogP contribution in [0, 0.1) is 6.07 Å². The predicted octanol–water partition coefficient (Wildman–Crippen LogP) is 5.67. The Kier molecular flexibility index (Phi) is 14.0. The van der Waals surface area contributed by atoms with Gasteiger partial charge in [-0.2, -0.15) is 18.2 Å². The van der Waals surface area contributed by atoms with Gasteiger partial charge in [0.1, 0.15) is 0 Å². The zero-order valence-electron chi connectivity index (χ0n) is 26.2. The zero-order chi connectivity index (χ0) is 30.7. The van der Waals surface area contributed by atoms with Gasteiger partial charge >= 0.3 is 28.4 Å². The fraction of sp³-hybridized carbons (Fsp3) is 0.231. The average Bonchev–Trinajstić information content (AvgIpc) is 3.64. The number of fused-ring (bicyclic) bond motifs is 3. The van der Waals surface area contributed by atoms with Crippen LogP contribution in [0.2, 0.25) is 10.0 Å². The Balaban J connectivity index is 0.000000673. The summed E-state index contributed by atoms with van der Waals surface area (Å²) in [5.74, 6) is 0. The van der Waals surface area contributed by atoms with Gasteiger partial charge in [0.15, 0.2) is 0 Å². The van der Waals surface area contributed by atoms with Crippen LogP contribution in [0.5, 0.6) is 0 Å². The van der Waals surface area contributed by atoms with Crippen molar-refractivity contribution in [1.29, 1.82) is 0 Å². The molecule has 0 unspecified atom stereocenters. The molecule has 6 rings (SSSR count). The van der Waals surface area contributed by atoms with Crippen molar-refractivity contribution in [3.63, 3.8) is 0 Å². The molecule has 0 N–H and O–H groups in total. The Morgan fingerprint density at radius 3 is 1.59 bits per heavy atom. The van der Waals surface area contributed by atoms with E-state index in [1.807, 2.05) is 54.6 Å². The summed E-state index contributed by atoms with van der Waals surface area (Å²) < 4.78 is 3.34. The van der Waals surface area contributed by atoms with Gasteiger partial charge in [0.05, 0.1) is 0 Å². The summed E-state index contributed by atoms with van der Waals surface area (Å²) >= 11 is 13.7. The number of hydrogen-bond donors (Lipinski definition) is 0. The van der Waals surface area contributed by atoms with Crippen LogP contribution in [0.4, 0.5) is 0 Å². The van der Waals surface area contributed by atoms with Crippen molar-refractivity contribution in [2.75, 3.05) is 0 Å². The van der Waals surface area contributed by atoms with E-state index in [9.17, 15) is 0 Å². The van der Waals surface area contributed by atoms with E-state index >= 15 is 0 Å². The third-order valence-corrected chi connectivity index (χ3v) is 8.02. The van der Waals surface area contributed by atoms with Crippen molar-refractivity contribution in [2.45, 2.75) is 58.8 Å². The van der Waals surface area contributed by atoms with Crippen LogP contribution in [0.15, 0.2) is 97.1 Å². The second-order valence-electron chi connectivity index (χ2n) is 12.7. The molecule has 44 heavy (non-hydrogen) atoms. The van der Waals surface area contributed by atoms with Crippen molar-refractivity contribution in [1.82, 2.24) is 0 Å². The van der Waals surface area contributed by atoms with Crippen molar-refractivity contribution in [3.05, 3.63) is 135 Å².